The lowest BCUT2D eigenvalue weighted by Gasteiger charge is -2.16. The van der Waals surface area contributed by atoms with Gasteiger partial charge in [-0.05, 0) is 56.2 Å². The number of aliphatic carboxylic acids is 1. The van der Waals surface area contributed by atoms with Gasteiger partial charge in [-0.15, -0.1) is 11.3 Å². The molecule has 1 unspecified atom stereocenters. The van der Waals surface area contributed by atoms with E-state index in [0.717, 1.165) is 23.9 Å². The lowest BCUT2D eigenvalue weighted by molar-refractivity contribution is -0.139. The highest BCUT2D eigenvalue weighted by Crippen LogP contribution is 2.35. The van der Waals surface area contributed by atoms with Crippen molar-refractivity contribution in [3.63, 3.8) is 0 Å². The molecule has 1 aromatic heterocycles. The number of alkyl halides is 3. The van der Waals surface area contributed by atoms with Crippen LogP contribution in [0.5, 0.6) is 0 Å². The Labute approximate surface area is 197 Å². The number of carboxylic acid groups (broad SMARTS) is 1. The van der Waals surface area contributed by atoms with Gasteiger partial charge in [-0.3, -0.25) is 9.59 Å². The first-order valence-corrected chi connectivity index (χ1v) is 11.5. The van der Waals surface area contributed by atoms with Crippen LogP contribution < -0.4 is 5.32 Å². The second kappa shape index (κ2) is 9.56. The molecule has 0 aliphatic rings. The van der Waals surface area contributed by atoms with Crippen LogP contribution in [0, 0.1) is 0 Å². The van der Waals surface area contributed by atoms with Gasteiger partial charge < -0.3 is 10.4 Å². The number of halogens is 3. The standard InChI is InChI=1S/C23H21F3N2O3S2/c1-13(18-12-32-21(28-18)33-22(2,3)20(30)31)27-19(29)16-6-4-14(5-7-16)15-8-10-17(11-9-15)23(24,25)26/h4-13H,1-3H3,(H,27,29)(H,30,31). The Bertz CT molecular complexity index is 1140. The smallest absolute Gasteiger partial charge is 0.416 e. The van der Waals surface area contributed by atoms with Crippen molar-refractivity contribution in [2.75, 3.05) is 0 Å². The number of hydrogen-bond acceptors (Lipinski definition) is 5. The van der Waals surface area contributed by atoms with Gasteiger partial charge in [-0.2, -0.15) is 13.2 Å². The molecule has 0 fully saturated rings. The number of carboxylic acids is 1. The summed E-state index contributed by atoms with van der Waals surface area (Å²) < 4.78 is 37.7. The summed E-state index contributed by atoms with van der Waals surface area (Å²) in [4.78, 5) is 28.3. The number of thioether (sulfide) groups is 1. The largest absolute Gasteiger partial charge is 0.480 e. The zero-order valence-corrected chi connectivity index (χ0v) is 19.6. The van der Waals surface area contributed by atoms with E-state index in [4.69, 9.17) is 0 Å². The van der Waals surface area contributed by atoms with E-state index < -0.39 is 28.5 Å². The van der Waals surface area contributed by atoms with Crippen molar-refractivity contribution < 1.29 is 27.9 Å². The number of thiazole rings is 1. The van der Waals surface area contributed by atoms with Crippen LogP contribution in [0.3, 0.4) is 0 Å². The van der Waals surface area contributed by atoms with E-state index in [1.807, 2.05) is 0 Å². The van der Waals surface area contributed by atoms with E-state index in [1.165, 1.54) is 23.5 Å². The number of nitrogens with zero attached hydrogens (tertiary/aromatic N) is 1. The van der Waals surface area contributed by atoms with Gasteiger partial charge in [0, 0.05) is 10.9 Å². The number of hydrogen-bond donors (Lipinski definition) is 2. The van der Waals surface area contributed by atoms with Crippen LogP contribution in [0.2, 0.25) is 0 Å². The van der Waals surface area contributed by atoms with Gasteiger partial charge in [0.1, 0.15) is 4.75 Å². The second-order valence-corrected chi connectivity index (χ2v) is 10.5. The Morgan fingerprint density at radius 3 is 2.09 bits per heavy atom. The zero-order chi connectivity index (χ0) is 24.4. The maximum atomic E-state index is 12.7. The van der Waals surface area contributed by atoms with Crippen LogP contribution in [-0.2, 0) is 11.0 Å². The fourth-order valence-corrected chi connectivity index (χ4v) is 5.07. The van der Waals surface area contributed by atoms with Crippen LogP contribution in [0.1, 0.15) is 48.4 Å². The maximum absolute atomic E-state index is 12.7. The molecule has 0 saturated heterocycles. The van der Waals surface area contributed by atoms with Crippen LogP contribution in [0.15, 0.2) is 58.3 Å². The van der Waals surface area contributed by atoms with E-state index in [-0.39, 0.29) is 5.91 Å². The molecular formula is C23H21F3N2O3S2. The Hall–Kier alpha value is -2.85. The third kappa shape index (κ3) is 6.14. The number of carbonyl (C=O) groups excluding carboxylic acids is 1. The molecule has 0 aliphatic carbocycles. The summed E-state index contributed by atoms with van der Waals surface area (Å²) in [5.41, 5.74) is 1.61. The Balaban J connectivity index is 1.64. The molecule has 0 aliphatic heterocycles. The summed E-state index contributed by atoms with van der Waals surface area (Å²) in [5, 5.41) is 13.9. The molecule has 2 aromatic carbocycles. The van der Waals surface area contributed by atoms with Crippen molar-refractivity contribution in [3.8, 4) is 11.1 Å². The molecule has 0 saturated carbocycles. The number of nitrogens with one attached hydrogen (secondary N) is 1. The summed E-state index contributed by atoms with van der Waals surface area (Å²) in [6, 6.07) is 11.0. The molecule has 3 aromatic rings. The second-order valence-electron chi connectivity index (χ2n) is 7.80. The molecule has 1 heterocycles. The minimum Gasteiger partial charge on any atom is -0.480 e. The third-order valence-electron chi connectivity index (χ3n) is 4.84. The predicted octanol–water partition coefficient (Wildman–Crippen LogP) is 6.28. The zero-order valence-electron chi connectivity index (χ0n) is 17.9. The molecule has 3 rings (SSSR count). The van der Waals surface area contributed by atoms with Gasteiger partial charge in [-0.1, -0.05) is 36.0 Å². The quantitative estimate of drug-likeness (QED) is 0.378. The van der Waals surface area contributed by atoms with Crippen molar-refractivity contribution in [1.82, 2.24) is 10.3 Å². The van der Waals surface area contributed by atoms with Crippen LogP contribution >= 0.6 is 23.1 Å². The van der Waals surface area contributed by atoms with Crippen LogP contribution in [-0.4, -0.2) is 26.7 Å². The average Bonchev–Trinajstić information content (AvgIpc) is 3.21. The minimum absolute atomic E-state index is 0.325. The van der Waals surface area contributed by atoms with Gasteiger partial charge in [-0.25, -0.2) is 4.98 Å². The summed E-state index contributed by atoms with van der Waals surface area (Å²) in [7, 11) is 0. The van der Waals surface area contributed by atoms with Gasteiger partial charge in [0.05, 0.1) is 17.3 Å². The number of carbonyl (C=O) groups is 2. The van der Waals surface area contributed by atoms with Crippen molar-refractivity contribution in [1.29, 1.82) is 0 Å². The first-order valence-electron chi connectivity index (χ1n) is 9.83. The van der Waals surface area contributed by atoms with E-state index in [9.17, 15) is 27.9 Å². The lowest BCUT2D eigenvalue weighted by Crippen LogP contribution is -2.27. The van der Waals surface area contributed by atoms with E-state index >= 15 is 0 Å². The Kier molecular flexibility index (Phi) is 7.18. The molecular weight excluding hydrogens is 473 g/mol. The van der Waals surface area contributed by atoms with Crippen molar-refractivity contribution in [2.24, 2.45) is 0 Å². The molecule has 1 amide bonds. The molecule has 0 spiro atoms. The van der Waals surface area contributed by atoms with Crippen LogP contribution in [0.4, 0.5) is 13.2 Å². The first kappa shape index (κ1) is 24.8. The van der Waals surface area contributed by atoms with Gasteiger partial charge >= 0.3 is 12.1 Å². The Morgan fingerprint density at radius 2 is 1.58 bits per heavy atom. The lowest BCUT2D eigenvalue weighted by atomic mass is 10.0. The first-order chi connectivity index (χ1) is 15.4. The average molecular weight is 495 g/mol. The molecule has 10 heteroatoms. The normalized spacial score (nSPS) is 12.9. The highest BCUT2D eigenvalue weighted by molar-refractivity contribution is 8.03. The third-order valence-corrected chi connectivity index (χ3v) is 6.98. The monoisotopic (exact) mass is 494 g/mol. The fraction of sp³-hybridized carbons (Fsp3) is 0.261. The van der Waals surface area contributed by atoms with Crippen LogP contribution in [0.25, 0.3) is 11.1 Å². The number of benzene rings is 2. The number of aromatic nitrogens is 1. The molecule has 1 atom stereocenters. The van der Waals surface area contributed by atoms with E-state index in [0.29, 0.717) is 26.7 Å². The van der Waals surface area contributed by atoms with Crippen molar-refractivity contribution in [3.05, 3.63) is 70.7 Å². The molecule has 2 N–H and O–H groups in total. The van der Waals surface area contributed by atoms with Gasteiger partial charge in [0.2, 0.25) is 0 Å². The highest BCUT2D eigenvalue weighted by atomic mass is 32.2. The van der Waals surface area contributed by atoms with Crippen molar-refractivity contribution >= 4 is 35.0 Å². The molecule has 174 valence electrons. The Morgan fingerprint density at radius 1 is 1.03 bits per heavy atom. The predicted molar refractivity (Wildman–Crippen MR) is 122 cm³/mol. The van der Waals surface area contributed by atoms with Gasteiger partial charge in [0.15, 0.2) is 4.34 Å². The number of amides is 1. The summed E-state index contributed by atoms with van der Waals surface area (Å²) in [6.45, 7) is 4.97. The number of rotatable bonds is 7. The van der Waals surface area contributed by atoms with Crippen molar-refractivity contribution in [2.45, 2.75) is 42.1 Å². The minimum atomic E-state index is -4.39. The molecule has 0 bridgehead atoms. The molecule has 33 heavy (non-hydrogen) atoms. The van der Waals surface area contributed by atoms with E-state index in [1.54, 1.807) is 50.4 Å². The fourth-order valence-electron chi connectivity index (χ4n) is 2.80. The maximum Gasteiger partial charge on any atom is 0.416 e. The van der Waals surface area contributed by atoms with E-state index in [2.05, 4.69) is 10.3 Å². The van der Waals surface area contributed by atoms with Gasteiger partial charge in [0.25, 0.3) is 5.91 Å². The molecule has 0 radical (unpaired) electrons. The topological polar surface area (TPSA) is 79.3 Å². The summed E-state index contributed by atoms with van der Waals surface area (Å²) in [5.74, 6) is -1.26. The highest BCUT2D eigenvalue weighted by Gasteiger charge is 2.31. The summed E-state index contributed by atoms with van der Waals surface area (Å²) in [6.07, 6.45) is -4.39. The SMILES string of the molecule is CC(NC(=O)c1ccc(-c2ccc(C(F)(F)F)cc2)cc1)c1csc(SC(C)(C)C(=O)O)n1. The summed E-state index contributed by atoms with van der Waals surface area (Å²) >= 11 is 2.46. The molecule has 5 nitrogen and oxygen atoms in total.